The van der Waals surface area contributed by atoms with Gasteiger partial charge in [0.1, 0.15) is 0 Å². The Balaban J connectivity index is 0. The number of hydrogen-bond acceptors (Lipinski definition) is 2. The minimum atomic E-state index is -0.431. The summed E-state index contributed by atoms with van der Waals surface area (Å²) < 4.78 is 0. The predicted molar refractivity (Wildman–Crippen MR) is 17.0 cm³/mol. The van der Waals surface area contributed by atoms with Gasteiger partial charge in [0, 0.05) is 22.4 Å². The van der Waals surface area contributed by atoms with E-state index in [1.165, 1.54) is 0 Å². The van der Waals surface area contributed by atoms with Gasteiger partial charge in [-0.3, -0.25) is 0 Å². The number of hydrogen-bond donors (Lipinski definition) is 0. The molecule has 35 valence electrons. The first-order valence-electron chi connectivity index (χ1n) is 0.855. The summed E-state index contributed by atoms with van der Waals surface area (Å²) in [5, 5.41) is 15.2. The first-order chi connectivity index (χ1) is 2.41. The van der Waals surface area contributed by atoms with Crippen LogP contribution in [0.2, 0.25) is 0 Å². The molecule has 0 aromatic heterocycles. The van der Waals surface area contributed by atoms with Crippen molar-refractivity contribution in [3.63, 3.8) is 0 Å². The molecular weight excluding hydrogens is 239 g/mol. The Kier molecular flexibility index (Phi) is 14.3. The topological polar surface area (TPSA) is 47.6 Å². The molecule has 1 radical (unpaired) electrons. The molecule has 0 aliphatic heterocycles. The van der Waals surface area contributed by atoms with Gasteiger partial charge in [-0.1, -0.05) is 0 Å². The van der Waals surface area contributed by atoms with Crippen LogP contribution in [0.25, 0.3) is 0 Å². The van der Waals surface area contributed by atoms with E-state index in [4.69, 9.17) is 10.5 Å². The molecule has 0 aromatic rings. The van der Waals surface area contributed by atoms with Crippen LogP contribution < -0.4 is 0 Å². The average Bonchev–Trinajstić information content (AvgIpc) is 1.41. The molecule has 0 fully saturated rings. The van der Waals surface area contributed by atoms with E-state index in [0.29, 0.717) is 0 Å². The van der Waals surface area contributed by atoms with Crippen LogP contribution in [0.1, 0.15) is 0 Å². The van der Waals surface area contributed by atoms with Gasteiger partial charge in [-0.2, -0.15) is 0 Å². The van der Waals surface area contributed by atoms with Crippen LogP contribution in [-0.4, -0.2) is 15.0 Å². The molecule has 0 spiro atoms. The van der Waals surface area contributed by atoms with Crippen LogP contribution in [0.15, 0.2) is 0 Å². The third-order valence-corrected chi connectivity index (χ3v) is 0.474. The summed E-state index contributed by atoms with van der Waals surface area (Å²) in [6.07, 6.45) is 0. The third kappa shape index (κ3) is 8.87. The molecule has 6 heavy (non-hydrogen) atoms. The van der Waals surface area contributed by atoms with Crippen molar-refractivity contribution >= 4 is 15.0 Å². The minimum Gasteiger partial charge on any atom is 0 e. The summed E-state index contributed by atoms with van der Waals surface area (Å²) in [6.45, 7) is 0. The molecule has 2 nitrogen and oxygen atoms in total. The van der Waals surface area contributed by atoms with Crippen LogP contribution in [0.3, 0.4) is 0 Å². The summed E-state index contributed by atoms with van der Waals surface area (Å²) in [6, 6.07) is 0. The summed E-state index contributed by atoms with van der Waals surface area (Å²) in [5.74, 6) is 0. The van der Waals surface area contributed by atoms with Gasteiger partial charge in [0.05, 0.1) is 0 Å². The van der Waals surface area contributed by atoms with Crippen molar-refractivity contribution in [2.75, 3.05) is 0 Å². The monoisotopic (exact) mass is 239 g/mol. The van der Waals surface area contributed by atoms with Crippen molar-refractivity contribution in [1.82, 2.24) is 0 Å². The van der Waals surface area contributed by atoms with E-state index in [9.17, 15) is 0 Å². The first kappa shape index (κ1) is 9.53. The molecular formula is C2AgN2Se. The van der Waals surface area contributed by atoms with Gasteiger partial charge in [-0.05, 0) is 0 Å². The van der Waals surface area contributed by atoms with Crippen LogP contribution in [0, 0.1) is 20.5 Å². The Labute approximate surface area is 57.8 Å². The van der Waals surface area contributed by atoms with E-state index >= 15 is 0 Å². The van der Waals surface area contributed by atoms with Gasteiger partial charge in [-0.15, -0.1) is 0 Å². The second-order valence-corrected chi connectivity index (χ2v) is 1.48. The Morgan fingerprint density at radius 3 is 1.50 bits per heavy atom. The molecule has 0 heterocycles. The number of rotatable bonds is 0. The molecule has 0 unspecified atom stereocenters. The molecule has 0 saturated carbocycles. The molecule has 0 aromatic carbocycles. The van der Waals surface area contributed by atoms with Gasteiger partial charge in [0.25, 0.3) is 0 Å². The fraction of sp³-hybridized carbons (Fsp3) is 0. The SMILES string of the molecule is N#C[Se]C#N.[Ag]. The molecule has 0 bridgehead atoms. The molecule has 4 heteroatoms. The molecule has 0 rings (SSSR count). The van der Waals surface area contributed by atoms with Crippen molar-refractivity contribution < 1.29 is 22.4 Å². The summed E-state index contributed by atoms with van der Waals surface area (Å²) in [5.41, 5.74) is 0. The van der Waals surface area contributed by atoms with Crippen molar-refractivity contribution in [1.29, 1.82) is 10.5 Å². The molecule has 0 saturated heterocycles. The normalized spacial score (nSPS) is 3.67. The van der Waals surface area contributed by atoms with E-state index in [-0.39, 0.29) is 22.4 Å². The minimum absolute atomic E-state index is 0. The third-order valence-electron chi connectivity index (χ3n) is 0.0913. The average molecular weight is 239 g/mol. The summed E-state index contributed by atoms with van der Waals surface area (Å²) in [4.78, 5) is 3.44. The second kappa shape index (κ2) is 8.97. The van der Waals surface area contributed by atoms with Gasteiger partial charge >= 0.3 is 35.4 Å². The van der Waals surface area contributed by atoms with Gasteiger partial charge in [-0.25, -0.2) is 0 Å². The van der Waals surface area contributed by atoms with Gasteiger partial charge in [0.15, 0.2) is 0 Å². The van der Waals surface area contributed by atoms with E-state index in [1.54, 1.807) is 9.94 Å². The second-order valence-electron chi connectivity index (χ2n) is 0.285. The fourth-order valence-corrected chi connectivity index (χ4v) is 0.106. The predicted octanol–water partition coefficient (Wildman–Crippen LogP) is -0.350. The maximum Gasteiger partial charge on any atom is 0 e. The Morgan fingerprint density at radius 1 is 1.17 bits per heavy atom. The fourth-order valence-electron chi connectivity index (χ4n) is 0.0204. The Morgan fingerprint density at radius 2 is 1.50 bits per heavy atom. The zero-order valence-corrected chi connectivity index (χ0v) is 5.80. The van der Waals surface area contributed by atoms with Crippen molar-refractivity contribution in [3.05, 3.63) is 0 Å². The van der Waals surface area contributed by atoms with Gasteiger partial charge < -0.3 is 0 Å². The summed E-state index contributed by atoms with van der Waals surface area (Å²) >= 11 is -0.431. The van der Waals surface area contributed by atoms with Crippen molar-refractivity contribution in [2.24, 2.45) is 0 Å². The van der Waals surface area contributed by atoms with E-state index < -0.39 is 15.0 Å². The molecule has 0 atom stereocenters. The molecule has 0 aliphatic rings. The number of nitrogens with zero attached hydrogens (tertiary/aromatic N) is 2. The number of nitriles is 2. The van der Waals surface area contributed by atoms with Crippen LogP contribution >= 0.6 is 0 Å². The molecule has 0 N–H and O–H groups in total. The molecule has 0 aliphatic carbocycles. The zero-order chi connectivity index (χ0) is 4.12. The molecule has 0 amide bonds. The zero-order valence-electron chi connectivity index (χ0n) is 2.60. The Hall–Kier alpha value is 0.240. The van der Waals surface area contributed by atoms with Crippen LogP contribution in [0.4, 0.5) is 0 Å². The van der Waals surface area contributed by atoms with E-state index in [2.05, 4.69) is 0 Å². The van der Waals surface area contributed by atoms with Crippen molar-refractivity contribution in [3.8, 4) is 9.94 Å². The van der Waals surface area contributed by atoms with Crippen molar-refractivity contribution in [2.45, 2.75) is 0 Å². The Bertz CT molecular complexity index is 76.7. The van der Waals surface area contributed by atoms with E-state index in [1.807, 2.05) is 0 Å². The smallest absolute Gasteiger partial charge is 0 e. The van der Waals surface area contributed by atoms with Crippen LogP contribution in [-0.2, 0) is 22.4 Å². The first-order valence-corrected chi connectivity index (χ1v) is 2.57. The van der Waals surface area contributed by atoms with Crippen LogP contribution in [0.5, 0.6) is 0 Å². The standard InChI is InChI=1S/C2N2Se.Ag/c3-1-5-2-4;. The maximum atomic E-state index is 7.62. The quantitative estimate of drug-likeness (QED) is 0.542. The summed E-state index contributed by atoms with van der Waals surface area (Å²) in [7, 11) is 0. The maximum absolute atomic E-state index is 7.62. The van der Waals surface area contributed by atoms with E-state index in [0.717, 1.165) is 0 Å². The largest absolute Gasteiger partial charge is 0 e. The van der Waals surface area contributed by atoms with Gasteiger partial charge in [0.2, 0.25) is 0 Å².